The molecular formula is C6H9ClN2O2S2. The lowest BCUT2D eigenvalue weighted by Crippen LogP contribution is -2.14. The molecule has 0 aliphatic carbocycles. The lowest BCUT2D eigenvalue weighted by atomic mass is 10.4. The Bertz CT molecular complexity index is 259. The van der Waals surface area contributed by atoms with Crippen LogP contribution in [0.15, 0.2) is 0 Å². The van der Waals surface area contributed by atoms with Crippen LogP contribution in [0.25, 0.3) is 0 Å². The Morgan fingerprint density at radius 2 is 2.31 bits per heavy atom. The molecule has 0 spiro atoms. The van der Waals surface area contributed by atoms with E-state index >= 15 is 0 Å². The molecule has 0 radical (unpaired) electrons. The van der Waals surface area contributed by atoms with Gasteiger partial charge in [-0.2, -0.15) is 11.8 Å². The zero-order valence-corrected chi connectivity index (χ0v) is 9.07. The summed E-state index contributed by atoms with van der Waals surface area (Å²) in [7, 11) is 0. The molecule has 0 saturated heterocycles. The summed E-state index contributed by atoms with van der Waals surface area (Å²) in [5.74, 6) is 1.16. The Kier molecular flexibility index (Phi) is 4.97. The molecule has 1 aromatic heterocycles. The smallest absolute Gasteiger partial charge is 0.207 e. The molecule has 0 amide bonds. The van der Waals surface area contributed by atoms with Gasteiger partial charge < -0.3 is 10.2 Å². The first-order chi connectivity index (χ1) is 6.22. The molecular weight excluding hydrogens is 232 g/mol. The highest BCUT2D eigenvalue weighted by Crippen LogP contribution is 2.20. The van der Waals surface area contributed by atoms with Crippen molar-refractivity contribution >= 4 is 34.7 Å². The maximum absolute atomic E-state index is 9.01. The minimum absolute atomic E-state index is 0.204. The van der Waals surface area contributed by atoms with E-state index in [0.717, 1.165) is 5.01 Å². The molecule has 1 rings (SSSR count). The van der Waals surface area contributed by atoms with Gasteiger partial charge in [0, 0.05) is 11.5 Å². The third-order valence-corrected chi connectivity index (χ3v) is 3.49. The molecule has 0 fully saturated rings. The molecule has 1 heterocycles. The van der Waals surface area contributed by atoms with Gasteiger partial charge in [0.15, 0.2) is 0 Å². The van der Waals surface area contributed by atoms with Crippen molar-refractivity contribution in [1.82, 2.24) is 10.2 Å². The van der Waals surface area contributed by atoms with Crippen molar-refractivity contribution in [2.24, 2.45) is 0 Å². The van der Waals surface area contributed by atoms with Crippen molar-refractivity contribution in [1.29, 1.82) is 0 Å². The van der Waals surface area contributed by atoms with E-state index in [2.05, 4.69) is 10.2 Å². The van der Waals surface area contributed by atoms with Crippen LogP contribution < -0.4 is 0 Å². The predicted octanol–water partition coefficient (Wildman–Crippen LogP) is 0.778. The number of aliphatic hydroxyl groups excluding tert-OH is 2. The Balaban J connectivity index is 2.20. The number of rotatable bonds is 5. The zero-order chi connectivity index (χ0) is 9.68. The number of nitrogens with zero attached hydrogens (tertiary/aromatic N) is 2. The second kappa shape index (κ2) is 5.77. The van der Waals surface area contributed by atoms with Crippen molar-refractivity contribution in [3.63, 3.8) is 0 Å². The van der Waals surface area contributed by atoms with E-state index in [1.807, 2.05) is 0 Å². The largest absolute Gasteiger partial charge is 0.394 e. The van der Waals surface area contributed by atoms with Crippen LogP contribution in [-0.4, -0.2) is 38.9 Å². The van der Waals surface area contributed by atoms with E-state index in [-0.39, 0.29) is 6.61 Å². The molecule has 1 aromatic rings. The molecule has 0 saturated carbocycles. The van der Waals surface area contributed by atoms with Crippen molar-refractivity contribution in [2.45, 2.75) is 11.9 Å². The molecule has 0 aliphatic heterocycles. The second-order valence-electron chi connectivity index (χ2n) is 2.30. The van der Waals surface area contributed by atoms with E-state index in [1.54, 1.807) is 0 Å². The van der Waals surface area contributed by atoms with E-state index < -0.39 is 6.10 Å². The molecule has 74 valence electrons. The van der Waals surface area contributed by atoms with Gasteiger partial charge in [-0.3, -0.25) is 0 Å². The normalized spacial score (nSPS) is 13.2. The topological polar surface area (TPSA) is 66.2 Å². The summed E-state index contributed by atoms with van der Waals surface area (Å²) in [6.45, 7) is -0.204. The highest BCUT2D eigenvalue weighted by molar-refractivity contribution is 7.98. The van der Waals surface area contributed by atoms with Crippen molar-refractivity contribution in [3.8, 4) is 0 Å². The Hall–Kier alpha value is 0.120. The summed E-state index contributed by atoms with van der Waals surface area (Å²) in [6.07, 6.45) is -0.659. The number of halogens is 1. The summed E-state index contributed by atoms with van der Waals surface area (Å²) in [6, 6.07) is 0. The minimum atomic E-state index is -0.659. The number of hydrogen-bond acceptors (Lipinski definition) is 6. The van der Waals surface area contributed by atoms with Gasteiger partial charge in [0.25, 0.3) is 0 Å². The van der Waals surface area contributed by atoms with Crippen LogP contribution >= 0.6 is 34.7 Å². The molecule has 0 aliphatic rings. The first-order valence-electron chi connectivity index (χ1n) is 3.57. The van der Waals surface area contributed by atoms with Crippen LogP contribution in [0.5, 0.6) is 0 Å². The molecule has 4 nitrogen and oxygen atoms in total. The third-order valence-electron chi connectivity index (χ3n) is 1.19. The lowest BCUT2D eigenvalue weighted by molar-refractivity contribution is 0.113. The van der Waals surface area contributed by atoms with Crippen molar-refractivity contribution in [3.05, 3.63) is 9.47 Å². The molecule has 7 heteroatoms. The van der Waals surface area contributed by atoms with Gasteiger partial charge in [0.1, 0.15) is 5.01 Å². The molecule has 0 bridgehead atoms. The lowest BCUT2D eigenvalue weighted by Gasteiger charge is -2.03. The van der Waals surface area contributed by atoms with Gasteiger partial charge in [0.2, 0.25) is 4.47 Å². The third kappa shape index (κ3) is 4.24. The van der Waals surface area contributed by atoms with E-state index in [4.69, 9.17) is 21.8 Å². The molecule has 1 atom stereocenters. The zero-order valence-electron chi connectivity index (χ0n) is 6.68. The maximum Gasteiger partial charge on any atom is 0.207 e. The highest BCUT2D eigenvalue weighted by Gasteiger charge is 2.05. The van der Waals surface area contributed by atoms with Crippen molar-refractivity contribution in [2.75, 3.05) is 12.4 Å². The van der Waals surface area contributed by atoms with Gasteiger partial charge in [-0.15, -0.1) is 10.2 Å². The SMILES string of the molecule is OCC(O)CSCc1nnc(Cl)s1. The Morgan fingerprint density at radius 3 is 2.85 bits per heavy atom. The van der Waals surface area contributed by atoms with Crippen LogP contribution in [0.2, 0.25) is 4.47 Å². The summed E-state index contributed by atoms with van der Waals surface area (Å²) in [5, 5.41) is 25.8. The second-order valence-corrected chi connectivity index (χ2v) is 4.97. The van der Waals surface area contributed by atoms with Crippen LogP contribution in [-0.2, 0) is 5.75 Å². The number of hydrogen-bond donors (Lipinski definition) is 2. The fourth-order valence-corrected chi connectivity index (χ4v) is 2.50. The van der Waals surface area contributed by atoms with Crippen LogP contribution in [0.4, 0.5) is 0 Å². The minimum Gasteiger partial charge on any atom is -0.394 e. The Labute approximate surface area is 89.0 Å². The summed E-state index contributed by atoms with van der Waals surface area (Å²) in [4.78, 5) is 0. The quantitative estimate of drug-likeness (QED) is 0.796. The van der Waals surface area contributed by atoms with E-state index in [9.17, 15) is 0 Å². The van der Waals surface area contributed by atoms with Gasteiger partial charge >= 0.3 is 0 Å². The van der Waals surface area contributed by atoms with Crippen LogP contribution in [0, 0.1) is 0 Å². The Morgan fingerprint density at radius 1 is 1.54 bits per heavy atom. The first-order valence-corrected chi connectivity index (χ1v) is 5.92. The average Bonchev–Trinajstić information content (AvgIpc) is 2.51. The van der Waals surface area contributed by atoms with Gasteiger partial charge in [-0.25, -0.2) is 0 Å². The van der Waals surface area contributed by atoms with E-state index in [1.165, 1.54) is 23.1 Å². The number of aromatic nitrogens is 2. The standard InChI is InChI=1S/C6H9ClN2O2S2/c7-6-9-8-5(13-6)3-12-2-4(11)1-10/h4,10-11H,1-3H2. The van der Waals surface area contributed by atoms with Gasteiger partial charge in [-0.05, 0) is 11.6 Å². The van der Waals surface area contributed by atoms with E-state index in [0.29, 0.717) is 16.0 Å². The highest BCUT2D eigenvalue weighted by atomic mass is 35.5. The predicted molar refractivity (Wildman–Crippen MR) is 54.2 cm³/mol. The van der Waals surface area contributed by atoms with Gasteiger partial charge in [0.05, 0.1) is 12.7 Å². The monoisotopic (exact) mass is 240 g/mol. The first kappa shape index (κ1) is 11.2. The summed E-state index contributed by atoms with van der Waals surface area (Å²) >= 11 is 8.39. The van der Waals surface area contributed by atoms with Gasteiger partial charge in [-0.1, -0.05) is 11.3 Å². The molecule has 2 N–H and O–H groups in total. The van der Waals surface area contributed by atoms with Crippen LogP contribution in [0.3, 0.4) is 0 Å². The molecule has 13 heavy (non-hydrogen) atoms. The summed E-state index contributed by atoms with van der Waals surface area (Å²) < 4.78 is 0.429. The molecule has 1 unspecified atom stereocenters. The molecule has 0 aromatic carbocycles. The average molecular weight is 241 g/mol. The fourth-order valence-electron chi connectivity index (χ4n) is 0.626. The van der Waals surface area contributed by atoms with Crippen molar-refractivity contribution < 1.29 is 10.2 Å². The summed E-state index contributed by atoms with van der Waals surface area (Å²) in [5.41, 5.74) is 0. The van der Waals surface area contributed by atoms with Crippen LogP contribution in [0.1, 0.15) is 5.01 Å². The number of thioether (sulfide) groups is 1. The maximum atomic E-state index is 9.01. The fraction of sp³-hybridized carbons (Fsp3) is 0.667. The number of aliphatic hydroxyl groups is 2.